The highest BCUT2D eigenvalue weighted by atomic mass is 32.2. The Morgan fingerprint density at radius 3 is 2.33 bits per heavy atom. The summed E-state index contributed by atoms with van der Waals surface area (Å²) in [6.45, 7) is 4.87. The predicted molar refractivity (Wildman–Crippen MR) is 74.7 cm³/mol. The lowest BCUT2D eigenvalue weighted by Gasteiger charge is -2.22. The van der Waals surface area contributed by atoms with Crippen molar-refractivity contribution < 1.29 is 8.42 Å². The van der Waals surface area contributed by atoms with E-state index >= 15 is 0 Å². The van der Waals surface area contributed by atoms with Crippen molar-refractivity contribution in [1.29, 1.82) is 0 Å². The van der Waals surface area contributed by atoms with Gasteiger partial charge in [0.25, 0.3) is 0 Å². The molecule has 1 aromatic carbocycles. The number of benzene rings is 1. The van der Waals surface area contributed by atoms with E-state index in [1.54, 1.807) is 0 Å². The molecular formula is C13H22N2O2S. The number of hydrogen-bond acceptors (Lipinski definition) is 3. The van der Waals surface area contributed by atoms with Gasteiger partial charge in [-0.25, -0.2) is 12.7 Å². The first-order chi connectivity index (χ1) is 8.51. The standard InChI is InChI=1S/C13H22N2O2S/c1-3-10-15(4-2)18(16,17)11-13(14)12-8-6-5-7-9-12/h5-9,13H,3-4,10-11,14H2,1-2H3. The first-order valence-electron chi connectivity index (χ1n) is 6.29. The minimum atomic E-state index is -3.27. The molecule has 102 valence electrons. The van der Waals surface area contributed by atoms with E-state index in [4.69, 9.17) is 5.73 Å². The molecule has 0 saturated carbocycles. The Morgan fingerprint density at radius 2 is 1.83 bits per heavy atom. The fourth-order valence-corrected chi connectivity index (χ4v) is 3.58. The van der Waals surface area contributed by atoms with Crippen molar-refractivity contribution in [3.05, 3.63) is 35.9 Å². The summed E-state index contributed by atoms with van der Waals surface area (Å²) in [7, 11) is -3.27. The minimum absolute atomic E-state index is 0.0369. The van der Waals surface area contributed by atoms with Gasteiger partial charge in [-0.1, -0.05) is 44.2 Å². The van der Waals surface area contributed by atoms with Crippen molar-refractivity contribution in [2.75, 3.05) is 18.8 Å². The van der Waals surface area contributed by atoms with Gasteiger partial charge < -0.3 is 5.73 Å². The normalized spacial score (nSPS) is 13.8. The van der Waals surface area contributed by atoms with E-state index < -0.39 is 16.1 Å². The predicted octanol–water partition coefficient (Wildman–Crippen LogP) is 1.75. The molecule has 1 rings (SSSR count). The fraction of sp³-hybridized carbons (Fsp3) is 0.538. The van der Waals surface area contributed by atoms with Crippen molar-refractivity contribution >= 4 is 10.0 Å². The lowest BCUT2D eigenvalue weighted by atomic mass is 10.1. The van der Waals surface area contributed by atoms with Gasteiger partial charge in [0.05, 0.1) is 5.75 Å². The molecule has 0 bridgehead atoms. The van der Waals surface area contributed by atoms with E-state index in [1.165, 1.54) is 4.31 Å². The highest BCUT2D eigenvalue weighted by Crippen LogP contribution is 2.14. The number of hydrogen-bond donors (Lipinski definition) is 1. The smallest absolute Gasteiger partial charge is 0.215 e. The third kappa shape index (κ3) is 4.08. The van der Waals surface area contributed by atoms with Gasteiger partial charge in [-0.05, 0) is 12.0 Å². The molecule has 1 atom stereocenters. The molecular weight excluding hydrogens is 248 g/mol. The first kappa shape index (κ1) is 15.1. The zero-order valence-corrected chi connectivity index (χ0v) is 11.9. The van der Waals surface area contributed by atoms with Gasteiger partial charge in [-0.15, -0.1) is 0 Å². The highest BCUT2D eigenvalue weighted by molar-refractivity contribution is 7.89. The van der Waals surface area contributed by atoms with Gasteiger partial charge in [-0.3, -0.25) is 0 Å². The van der Waals surface area contributed by atoms with Gasteiger partial charge in [0.1, 0.15) is 0 Å². The molecule has 0 aliphatic heterocycles. The Balaban J connectivity index is 2.76. The van der Waals surface area contributed by atoms with Crippen LogP contribution < -0.4 is 5.73 Å². The second-order valence-corrected chi connectivity index (χ2v) is 6.30. The van der Waals surface area contributed by atoms with E-state index in [9.17, 15) is 8.42 Å². The Kier molecular flexibility index (Phi) is 5.78. The Morgan fingerprint density at radius 1 is 1.22 bits per heavy atom. The first-order valence-corrected chi connectivity index (χ1v) is 7.90. The zero-order chi connectivity index (χ0) is 13.6. The van der Waals surface area contributed by atoms with Gasteiger partial charge >= 0.3 is 0 Å². The molecule has 0 heterocycles. The van der Waals surface area contributed by atoms with Crippen LogP contribution in [0.2, 0.25) is 0 Å². The fourth-order valence-electron chi connectivity index (χ4n) is 1.87. The van der Waals surface area contributed by atoms with Crippen molar-refractivity contribution in [3.63, 3.8) is 0 Å². The van der Waals surface area contributed by atoms with Gasteiger partial charge in [-0.2, -0.15) is 0 Å². The summed E-state index contributed by atoms with van der Waals surface area (Å²) in [4.78, 5) is 0. The molecule has 0 fully saturated rings. The maximum Gasteiger partial charge on any atom is 0.215 e. The Hall–Kier alpha value is -0.910. The monoisotopic (exact) mass is 270 g/mol. The highest BCUT2D eigenvalue weighted by Gasteiger charge is 2.23. The number of sulfonamides is 1. The second kappa shape index (κ2) is 6.87. The molecule has 0 aliphatic carbocycles. The van der Waals surface area contributed by atoms with Crippen LogP contribution in [0.25, 0.3) is 0 Å². The third-order valence-electron chi connectivity index (χ3n) is 2.84. The summed E-state index contributed by atoms with van der Waals surface area (Å²) in [6.07, 6.45) is 0.813. The van der Waals surface area contributed by atoms with E-state index in [0.717, 1.165) is 12.0 Å². The molecule has 1 unspecified atom stereocenters. The summed E-state index contributed by atoms with van der Waals surface area (Å²) in [6, 6.07) is 8.87. The van der Waals surface area contributed by atoms with Gasteiger partial charge in [0, 0.05) is 19.1 Å². The van der Waals surface area contributed by atoms with Crippen LogP contribution in [0.1, 0.15) is 31.9 Å². The van der Waals surface area contributed by atoms with E-state index in [1.807, 2.05) is 44.2 Å². The molecule has 0 saturated heterocycles. The van der Waals surface area contributed by atoms with Crippen molar-refractivity contribution in [2.45, 2.75) is 26.3 Å². The third-order valence-corrected chi connectivity index (χ3v) is 4.84. The quantitative estimate of drug-likeness (QED) is 0.821. The van der Waals surface area contributed by atoms with Crippen molar-refractivity contribution in [2.24, 2.45) is 5.73 Å². The van der Waals surface area contributed by atoms with E-state index in [0.29, 0.717) is 13.1 Å². The molecule has 1 aromatic rings. The topological polar surface area (TPSA) is 63.4 Å². The Bertz CT molecular complexity index is 445. The van der Waals surface area contributed by atoms with Crippen LogP contribution in [0.3, 0.4) is 0 Å². The van der Waals surface area contributed by atoms with Crippen LogP contribution in [0, 0.1) is 0 Å². The number of nitrogens with two attached hydrogens (primary N) is 1. The lowest BCUT2D eigenvalue weighted by molar-refractivity contribution is 0.424. The molecule has 0 spiro atoms. The average Bonchev–Trinajstić information content (AvgIpc) is 2.36. The van der Waals surface area contributed by atoms with Crippen LogP contribution in [0.5, 0.6) is 0 Å². The molecule has 0 amide bonds. The molecule has 4 nitrogen and oxygen atoms in total. The van der Waals surface area contributed by atoms with Crippen LogP contribution in [0.4, 0.5) is 0 Å². The summed E-state index contributed by atoms with van der Waals surface area (Å²) in [5.41, 5.74) is 6.82. The molecule has 0 radical (unpaired) electrons. The van der Waals surface area contributed by atoms with Crippen LogP contribution in [-0.4, -0.2) is 31.6 Å². The summed E-state index contributed by atoms with van der Waals surface area (Å²) >= 11 is 0. The van der Waals surface area contributed by atoms with E-state index in [-0.39, 0.29) is 5.75 Å². The van der Waals surface area contributed by atoms with Gasteiger partial charge in [0.15, 0.2) is 0 Å². The van der Waals surface area contributed by atoms with E-state index in [2.05, 4.69) is 0 Å². The molecule has 2 N–H and O–H groups in total. The SMILES string of the molecule is CCCN(CC)S(=O)(=O)CC(N)c1ccccc1. The van der Waals surface area contributed by atoms with Crippen molar-refractivity contribution in [3.8, 4) is 0 Å². The largest absolute Gasteiger partial charge is 0.323 e. The molecule has 0 aliphatic rings. The van der Waals surface area contributed by atoms with Gasteiger partial charge in [0.2, 0.25) is 10.0 Å². The summed E-state index contributed by atoms with van der Waals surface area (Å²) < 4.78 is 25.9. The van der Waals surface area contributed by atoms with Crippen LogP contribution >= 0.6 is 0 Å². The maximum atomic E-state index is 12.2. The minimum Gasteiger partial charge on any atom is -0.323 e. The number of nitrogens with zero attached hydrogens (tertiary/aromatic N) is 1. The average molecular weight is 270 g/mol. The second-order valence-electron chi connectivity index (χ2n) is 4.29. The van der Waals surface area contributed by atoms with Crippen molar-refractivity contribution in [1.82, 2.24) is 4.31 Å². The molecule has 0 aromatic heterocycles. The summed E-state index contributed by atoms with van der Waals surface area (Å²) in [5.74, 6) is -0.0369. The maximum absolute atomic E-state index is 12.2. The molecule has 18 heavy (non-hydrogen) atoms. The zero-order valence-electron chi connectivity index (χ0n) is 11.0. The number of rotatable bonds is 7. The summed E-state index contributed by atoms with van der Waals surface area (Å²) in [5, 5.41) is 0. The molecule has 5 heteroatoms. The Labute approximate surface area is 110 Å². The van der Waals surface area contributed by atoms with Crippen LogP contribution in [-0.2, 0) is 10.0 Å². The van der Waals surface area contributed by atoms with Crippen LogP contribution in [0.15, 0.2) is 30.3 Å². The lowest BCUT2D eigenvalue weighted by Crippen LogP contribution is -2.36.